The molecule has 27 heavy (non-hydrogen) atoms. The van der Waals surface area contributed by atoms with Crippen LogP contribution in [0, 0.1) is 11.7 Å². The zero-order chi connectivity index (χ0) is 18.8. The van der Waals surface area contributed by atoms with E-state index in [-0.39, 0.29) is 11.7 Å². The minimum Gasteiger partial charge on any atom is -0.342 e. The Kier molecular flexibility index (Phi) is 5.36. The first-order valence-corrected chi connectivity index (χ1v) is 10.6. The molecule has 1 atom stereocenters. The van der Waals surface area contributed by atoms with Crippen LogP contribution in [-0.4, -0.2) is 44.0 Å². The summed E-state index contributed by atoms with van der Waals surface area (Å²) in [7, 11) is 0. The van der Waals surface area contributed by atoms with Crippen molar-refractivity contribution in [1.82, 2.24) is 19.2 Å². The molecule has 0 radical (unpaired) electrons. The Morgan fingerprint density at radius 2 is 2.15 bits per heavy atom. The summed E-state index contributed by atoms with van der Waals surface area (Å²) >= 11 is 2.74. The number of aromatic nitrogens is 3. The maximum Gasteiger partial charge on any atom is 0.232 e. The van der Waals surface area contributed by atoms with E-state index in [4.69, 9.17) is 0 Å². The Morgan fingerprint density at radius 1 is 1.33 bits per heavy atom. The van der Waals surface area contributed by atoms with Gasteiger partial charge in [-0.25, -0.2) is 14.4 Å². The van der Waals surface area contributed by atoms with Crippen LogP contribution < -0.4 is 0 Å². The molecule has 0 N–H and O–H groups in total. The summed E-state index contributed by atoms with van der Waals surface area (Å²) in [5.74, 6) is 0.803. The van der Waals surface area contributed by atoms with Crippen LogP contribution in [0.25, 0.3) is 21.5 Å². The monoisotopic (exact) mass is 402 g/mol. The molecule has 1 fully saturated rings. The van der Waals surface area contributed by atoms with Gasteiger partial charge in [0.25, 0.3) is 0 Å². The van der Waals surface area contributed by atoms with E-state index < -0.39 is 0 Å². The van der Waals surface area contributed by atoms with Gasteiger partial charge in [-0.1, -0.05) is 18.7 Å². The number of carbonyl (C=O) groups excluding carboxylic acids is 1. The number of likely N-dealkylation sites (tertiary alicyclic amines) is 1. The fraction of sp³-hybridized carbons (Fsp3) is 0.368. The molecular weight excluding hydrogens is 383 g/mol. The number of hydrogen-bond donors (Lipinski definition) is 0. The quantitative estimate of drug-likeness (QED) is 0.482. The number of carbonyl (C=O) groups is 1. The third kappa shape index (κ3) is 3.96. The van der Waals surface area contributed by atoms with Crippen molar-refractivity contribution >= 4 is 39.4 Å². The summed E-state index contributed by atoms with van der Waals surface area (Å²) < 4.78 is 18.5. The van der Waals surface area contributed by atoms with E-state index in [0.717, 1.165) is 46.0 Å². The fourth-order valence-corrected chi connectivity index (χ4v) is 5.10. The third-order valence-electron chi connectivity index (χ3n) is 4.68. The zero-order valence-corrected chi connectivity index (χ0v) is 16.5. The topological polar surface area (TPSA) is 59.0 Å². The highest BCUT2D eigenvalue weighted by Crippen LogP contribution is 2.34. The third-order valence-corrected chi connectivity index (χ3v) is 6.63. The van der Waals surface area contributed by atoms with Crippen LogP contribution in [0.1, 0.15) is 19.8 Å². The number of fused-ring (bicyclic) bond motifs is 1. The summed E-state index contributed by atoms with van der Waals surface area (Å²) in [6.45, 7) is 3.88. The highest BCUT2D eigenvalue weighted by molar-refractivity contribution is 8.00. The first kappa shape index (κ1) is 18.3. The first-order chi connectivity index (χ1) is 13.1. The summed E-state index contributed by atoms with van der Waals surface area (Å²) in [5, 5.41) is 0.768. The van der Waals surface area contributed by atoms with Gasteiger partial charge < -0.3 is 4.90 Å². The van der Waals surface area contributed by atoms with Crippen LogP contribution >= 0.6 is 23.3 Å². The molecule has 140 valence electrons. The molecule has 0 bridgehead atoms. The Morgan fingerprint density at radius 3 is 2.93 bits per heavy atom. The molecule has 1 aromatic carbocycles. The van der Waals surface area contributed by atoms with Crippen molar-refractivity contribution in [3.05, 3.63) is 36.4 Å². The Hall–Kier alpha value is -2.06. The number of hydrogen-bond acceptors (Lipinski definition) is 6. The predicted molar refractivity (Wildman–Crippen MR) is 106 cm³/mol. The van der Waals surface area contributed by atoms with Gasteiger partial charge in [-0.15, -0.1) is 0 Å². The number of piperidine rings is 1. The standard InChI is InChI=1S/C19H19FN4OS2/c1-12-3-2-8-24(9-12)15(25)10-26-19-18-17(21-11-22-19)16(23-27-18)13-4-6-14(20)7-5-13/h4-7,11-12H,2-3,8-10H2,1H3/t12-/m0/s1. The molecule has 1 saturated heterocycles. The van der Waals surface area contributed by atoms with Gasteiger partial charge in [0.2, 0.25) is 5.91 Å². The van der Waals surface area contributed by atoms with Crippen molar-refractivity contribution in [2.24, 2.45) is 5.92 Å². The summed E-state index contributed by atoms with van der Waals surface area (Å²) in [5.41, 5.74) is 2.27. The molecule has 1 aliphatic heterocycles. The Labute approximate surface area is 165 Å². The average Bonchev–Trinajstić information content (AvgIpc) is 3.11. The Bertz CT molecular complexity index is 960. The highest BCUT2D eigenvalue weighted by Gasteiger charge is 2.22. The lowest BCUT2D eigenvalue weighted by Crippen LogP contribution is -2.40. The van der Waals surface area contributed by atoms with Crippen LogP contribution in [0.3, 0.4) is 0 Å². The van der Waals surface area contributed by atoms with Gasteiger partial charge in [0.1, 0.15) is 33.1 Å². The lowest BCUT2D eigenvalue weighted by atomic mass is 10.0. The molecule has 3 aromatic rings. The molecule has 1 amide bonds. The molecular formula is C19H19FN4OS2. The molecule has 0 unspecified atom stereocenters. The second-order valence-corrected chi connectivity index (χ2v) is 8.51. The molecule has 3 heterocycles. The number of rotatable bonds is 4. The molecule has 5 nitrogen and oxygen atoms in total. The Balaban J connectivity index is 1.53. The number of halogens is 1. The van der Waals surface area contributed by atoms with Gasteiger partial charge in [-0.2, -0.15) is 4.37 Å². The van der Waals surface area contributed by atoms with Crippen molar-refractivity contribution in [2.45, 2.75) is 24.8 Å². The largest absolute Gasteiger partial charge is 0.342 e. The van der Waals surface area contributed by atoms with Crippen LogP contribution in [-0.2, 0) is 4.79 Å². The second kappa shape index (κ2) is 7.90. The van der Waals surface area contributed by atoms with Gasteiger partial charge in [0, 0.05) is 18.7 Å². The van der Waals surface area contributed by atoms with Crippen LogP contribution in [0.4, 0.5) is 4.39 Å². The fourth-order valence-electron chi connectivity index (χ4n) is 3.28. The first-order valence-electron chi connectivity index (χ1n) is 8.88. The van der Waals surface area contributed by atoms with Crippen LogP contribution in [0.2, 0.25) is 0 Å². The summed E-state index contributed by atoms with van der Waals surface area (Å²) in [6, 6.07) is 6.21. The van der Waals surface area contributed by atoms with E-state index in [9.17, 15) is 9.18 Å². The second-order valence-electron chi connectivity index (χ2n) is 6.77. The molecule has 0 saturated carbocycles. The molecule has 0 aliphatic carbocycles. The lowest BCUT2D eigenvalue weighted by Gasteiger charge is -2.30. The van der Waals surface area contributed by atoms with E-state index in [0.29, 0.717) is 11.7 Å². The highest BCUT2D eigenvalue weighted by atomic mass is 32.2. The summed E-state index contributed by atoms with van der Waals surface area (Å²) in [6.07, 6.45) is 3.77. The minimum atomic E-state index is -0.283. The van der Waals surface area contributed by atoms with E-state index in [2.05, 4.69) is 21.3 Å². The van der Waals surface area contributed by atoms with Crippen LogP contribution in [0.15, 0.2) is 35.6 Å². The average molecular weight is 403 g/mol. The lowest BCUT2D eigenvalue weighted by molar-refractivity contribution is -0.130. The molecule has 4 rings (SSSR count). The molecule has 1 aliphatic rings. The van der Waals surface area contributed by atoms with Crippen molar-refractivity contribution in [3.8, 4) is 11.3 Å². The SMILES string of the molecule is C[C@H]1CCCN(C(=O)CSc2ncnc3c(-c4ccc(F)cc4)nsc23)C1. The number of thioether (sulfide) groups is 1. The zero-order valence-electron chi connectivity index (χ0n) is 14.9. The number of amides is 1. The smallest absolute Gasteiger partial charge is 0.232 e. The number of nitrogens with zero attached hydrogens (tertiary/aromatic N) is 4. The van der Waals surface area contributed by atoms with E-state index >= 15 is 0 Å². The van der Waals surface area contributed by atoms with E-state index in [1.54, 1.807) is 12.1 Å². The van der Waals surface area contributed by atoms with Crippen molar-refractivity contribution < 1.29 is 9.18 Å². The molecule has 8 heteroatoms. The van der Waals surface area contributed by atoms with Crippen molar-refractivity contribution in [2.75, 3.05) is 18.8 Å². The van der Waals surface area contributed by atoms with Crippen molar-refractivity contribution in [3.63, 3.8) is 0 Å². The normalized spacial score (nSPS) is 17.4. The van der Waals surface area contributed by atoms with Gasteiger partial charge in [-0.3, -0.25) is 4.79 Å². The van der Waals surface area contributed by atoms with Crippen LogP contribution in [0.5, 0.6) is 0 Å². The van der Waals surface area contributed by atoms with E-state index in [1.165, 1.54) is 48.2 Å². The van der Waals surface area contributed by atoms with Gasteiger partial charge in [-0.05, 0) is 54.6 Å². The summed E-state index contributed by atoms with van der Waals surface area (Å²) in [4.78, 5) is 23.2. The van der Waals surface area contributed by atoms with Crippen molar-refractivity contribution in [1.29, 1.82) is 0 Å². The molecule has 0 spiro atoms. The van der Waals surface area contributed by atoms with Gasteiger partial charge >= 0.3 is 0 Å². The maximum atomic E-state index is 13.2. The predicted octanol–water partition coefficient (Wildman–Crippen LogP) is 4.24. The number of benzene rings is 1. The van der Waals surface area contributed by atoms with E-state index in [1.807, 2.05) is 4.90 Å². The minimum absolute atomic E-state index is 0.154. The molecule has 2 aromatic heterocycles. The maximum absolute atomic E-state index is 13.2. The van der Waals surface area contributed by atoms with Gasteiger partial charge in [0.05, 0.1) is 5.75 Å². The van der Waals surface area contributed by atoms with Gasteiger partial charge in [0.15, 0.2) is 0 Å².